The van der Waals surface area contributed by atoms with Gasteiger partial charge in [-0.15, -0.1) is 0 Å². The molecular formula is C15H17N3O2. The van der Waals surface area contributed by atoms with E-state index >= 15 is 0 Å². The Morgan fingerprint density at radius 2 is 2.35 bits per heavy atom. The molecule has 0 aliphatic carbocycles. The molecular weight excluding hydrogens is 254 g/mol. The highest BCUT2D eigenvalue weighted by atomic mass is 16.5. The quantitative estimate of drug-likeness (QED) is 0.899. The molecule has 1 N–H and O–H groups in total. The summed E-state index contributed by atoms with van der Waals surface area (Å²) >= 11 is 0. The Labute approximate surface area is 117 Å². The summed E-state index contributed by atoms with van der Waals surface area (Å²) in [6.45, 7) is 2.08. The highest BCUT2D eigenvalue weighted by Gasteiger charge is 2.25. The van der Waals surface area contributed by atoms with Crippen molar-refractivity contribution in [1.82, 2.24) is 9.88 Å². The van der Waals surface area contributed by atoms with Gasteiger partial charge < -0.3 is 15.0 Å². The van der Waals surface area contributed by atoms with Crippen LogP contribution in [0.1, 0.15) is 0 Å². The minimum Gasteiger partial charge on any atom is -0.366 e. The average molecular weight is 271 g/mol. The number of hydrogen-bond donors (Lipinski definition) is 1. The van der Waals surface area contributed by atoms with Gasteiger partial charge in [0.15, 0.2) is 0 Å². The minimum absolute atomic E-state index is 0.0964. The predicted octanol–water partition coefficient (Wildman–Crippen LogP) is 1.50. The molecule has 2 aromatic rings. The van der Waals surface area contributed by atoms with E-state index in [9.17, 15) is 4.79 Å². The van der Waals surface area contributed by atoms with Crippen LogP contribution in [0.3, 0.4) is 0 Å². The second kappa shape index (κ2) is 5.56. The van der Waals surface area contributed by atoms with Gasteiger partial charge in [0.25, 0.3) is 5.91 Å². The summed E-state index contributed by atoms with van der Waals surface area (Å²) in [6, 6.07) is 7.68. The second-order valence-electron chi connectivity index (χ2n) is 5.01. The van der Waals surface area contributed by atoms with Crippen molar-refractivity contribution in [2.75, 3.05) is 32.1 Å². The van der Waals surface area contributed by atoms with Gasteiger partial charge >= 0.3 is 0 Å². The van der Waals surface area contributed by atoms with Gasteiger partial charge in [-0.25, -0.2) is 0 Å². The maximum Gasteiger partial charge on any atom is 0.254 e. The number of rotatable bonds is 2. The fourth-order valence-electron chi connectivity index (χ4n) is 2.38. The molecule has 1 amide bonds. The number of amides is 1. The molecule has 2 heterocycles. The lowest BCUT2D eigenvalue weighted by atomic mass is 10.1. The van der Waals surface area contributed by atoms with E-state index in [4.69, 9.17) is 4.74 Å². The number of morpholine rings is 1. The molecule has 0 saturated carbocycles. The first-order valence-electron chi connectivity index (χ1n) is 6.68. The molecule has 0 unspecified atom stereocenters. The van der Waals surface area contributed by atoms with Crippen molar-refractivity contribution in [3.8, 4) is 0 Å². The molecule has 1 aliphatic rings. The third kappa shape index (κ3) is 2.64. The fourth-order valence-corrected chi connectivity index (χ4v) is 2.38. The van der Waals surface area contributed by atoms with Gasteiger partial charge in [0.1, 0.15) is 6.10 Å². The zero-order valence-electron chi connectivity index (χ0n) is 11.4. The van der Waals surface area contributed by atoms with Crippen molar-refractivity contribution in [3.05, 3.63) is 36.7 Å². The summed E-state index contributed by atoms with van der Waals surface area (Å²) in [5.41, 5.74) is 0.798. The van der Waals surface area contributed by atoms with Gasteiger partial charge in [-0.05, 0) is 19.2 Å². The molecule has 1 aromatic carbocycles. The average Bonchev–Trinajstić information content (AvgIpc) is 2.47. The molecule has 5 heteroatoms. The monoisotopic (exact) mass is 271 g/mol. The standard InChI is InChI=1S/C15H17N3O2/c1-18-7-8-20-14(10-18)15(19)17-13-4-2-3-11-9-16-6-5-12(11)13/h2-6,9,14H,7-8,10H2,1H3,(H,17,19)/t14-/m0/s1. The molecule has 1 fully saturated rings. The number of pyridine rings is 1. The first kappa shape index (κ1) is 13.0. The number of anilines is 1. The van der Waals surface area contributed by atoms with Crippen LogP contribution in [0.2, 0.25) is 0 Å². The number of carbonyl (C=O) groups is 1. The van der Waals surface area contributed by atoms with Gasteiger partial charge in [0, 0.05) is 41.9 Å². The lowest BCUT2D eigenvalue weighted by Gasteiger charge is -2.29. The Kier molecular flexibility index (Phi) is 3.62. The van der Waals surface area contributed by atoms with Crippen LogP contribution >= 0.6 is 0 Å². The van der Waals surface area contributed by atoms with Crippen LogP contribution in [0.4, 0.5) is 5.69 Å². The van der Waals surface area contributed by atoms with Crippen LogP contribution in [0, 0.1) is 0 Å². The molecule has 104 valence electrons. The Morgan fingerprint density at radius 1 is 1.45 bits per heavy atom. The molecule has 20 heavy (non-hydrogen) atoms. The Morgan fingerprint density at radius 3 is 3.20 bits per heavy atom. The largest absolute Gasteiger partial charge is 0.366 e. The van der Waals surface area contributed by atoms with Gasteiger partial charge in [-0.1, -0.05) is 12.1 Å². The second-order valence-corrected chi connectivity index (χ2v) is 5.01. The highest BCUT2D eigenvalue weighted by Crippen LogP contribution is 2.22. The summed E-state index contributed by atoms with van der Waals surface area (Å²) in [6.07, 6.45) is 3.10. The lowest BCUT2D eigenvalue weighted by Crippen LogP contribution is -2.46. The van der Waals surface area contributed by atoms with Gasteiger partial charge in [-0.3, -0.25) is 9.78 Å². The molecule has 5 nitrogen and oxygen atoms in total. The summed E-state index contributed by atoms with van der Waals surface area (Å²) < 4.78 is 5.53. The third-order valence-corrected chi connectivity index (χ3v) is 3.50. The number of nitrogens with one attached hydrogen (secondary N) is 1. The number of ether oxygens (including phenoxy) is 1. The van der Waals surface area contributed by atoms with Crippen molar-refractivity contribution < 1.29 is 9.53 Å². The zero-order valence-corrected chi connectivity index (χ0v) is 11.4. The summed E-state index contributed by atoms with van der Waals surface area (Å²) in [5, 5.41) is 4.95. The van der Waals surface area contributed by atoms with Crippen molar-refractivity contribution in [2.24, 2.45) is 0 Å². The topological polar surface area (TPSA) is 54.5 Å². The molecule has 1 saturated heterocycles. The van der Waals surface area contributed by atoms with E-state index in [1.807, 2.05) is 31.3 Å². The zero-order chi connectivity index (χ0) is 13.9. The van der Waals surface area contributed by atoms with E-state index in [1.54, 1.807) is 12.4 Å². The molecule has 1 atom stereocenters. The third-order valence-electron chi connectivity index (χ3n) is 3.50. The van der Waals surface area contributed by atoms with E-state index in [2.05, 4.69) is 15.2 Å². The summed E-state index contributed by atoms with van der Waals surface area (Å²) in [4.78, 5) is 18.5. The van der Waals surface area contributed by atoms with Crippen LogP contribution in [0.5, 0.6) is 0 Å². The number of fused-ring (bicyclic) bond motifs is 1. The first-order valence-corrected chi connectivity index (χ1v) is 6.68. The van der Waals surface area contributed by atoms with E-state index in [1.165, 1.54) is 0 Å². The van der Waals surface area contributed by atoms with Gasteiger partial charge in [0.05, 0.1) is 6.61 Å². The molecule has 1 aliphatic heterocycles. The van der Waals surface area contributed by atoms with E-state index < -0.39 is 6.10 Å². The van der Waals surface area contributed by atoms with Crippen molar-refractivity contribution in [1.29, 1.82) is 0 Å². The molecule has 0 spiro atoms. The Hall–Kier alpha value is -1.98. The van der Waals surface area contributed by atoms with E-state index in [-0.39, 0.29) is 5.91 Å². The van der Waals surface area contributed by atoms with Gasteiger partial charge in [0.2, 0.25) is 0 Å². The number of hydrogen-bond acceptors (Lipinski definition) is 4. The smallest absolute Gasteiger partial charge is 0.254 e. The van der Waals surface area contributed by atoms with Crippen molar-refractivity contribution in [2.45, 2.75) is 6.10 Å². The van der Waals surface area contributed by atoms with Crippen LogP contribution in [-0.4, -0.2) is 48.6 Å². The van der Waals surface area contributed by atoms with Crippen molar-refractivity contribution >= 4 is 22.4 Å². The molecule has 3 rings (SSSR count). The SMILES string of the molecule is CN1CCO[C@H](C(=O)Nc2cccc3cnccc23)C1. The van der Waals surface area contributed by atoms with Crippen LogP contribution in [-0.2, 0) is 9.53 Å². The maximum atomic E-state index is 12.3. The lowest BCUT2D eigenvalue weighted by molar-refractivity contribution is -0.132. The first-order chi connectivity index (χ1) is 9.74. The Bertz CT molecular complexity index is 624. The van der Waals surface area contributed by atoms with E-state index in [0.29, 0.717) is 13.2 Å². The normalized spacial score (nSPS) is 19.9. The van der Waals surface area contributed by atoms with Crippen molar-refractivity contribution in [3.63, 3.8) is 0 Å². The molecule has 1 aromatic heterocycles. The predicted molar refractivity (Wildman–Crippen MR) is 77.6 cm³/mol. The summed E-state index contributed by atoms with van der Waals surface area (Å²) in [5.74, 6) is -0.0964. The minimum atomic E-state index is -0.411. The number of nitrogens with zero attached hydrogens (tertiary/aromatic N) is 2. The molecule has 0 radical (unpaired) electrons. The highest BCUT2D eigenvalue weighted by molar-refractivity contribution is 6.03. The molecule has 0 bridgehead atoms. The Balaban J connectivity index is 1.80. The number of aromatic nitrogens is 1. The van der Waals surface area contributed by atoms with Gasteiger partial charge in [-0.2, -0.15) is 0 Å². The number of benzene rings is 1. The fraction of sp³-hybridized carbons (Fsp3) is 0.333. The van der Waals surface area contributed by atoms with Crippen LogP contribution in [0.15, 0.2) is 36.7 Å². The number of likely N-dealkylation sites (N-methyl/N-ethyl adjacent to an activating group) is 1. The summed E-state index contributed by atoms with van der Waals surface area (Å²) in [7, 11) is 1.99. The van der Waals surface area contributed by atoms with Crippen LogP contribution < -0.4 is 5.32 Å². The van der Waals surface area contributed by atoms with E-state index in [0.717, 1.165) is 23.0 Å². The maximum absolute atomic E-state index is 12.3. The van der Waals surface area contributed by atoms with Crippen LogP contribution in [0.25, 0.3) is 10.8 Å². The number of carbonyl (C=O) groups excluding carboxylic acids is 1.